The van der Waals surface area contributed by atoms with E-state index in [1.165, 1.54) is 0 Å². The number of hydrogen-bond donors (Lipinski definition) is 0. The number of hydrogen-bond acceptors (Lipinski definition) is 4. The zero-order chi connectivity index (χ0) is 13.5. The third-order valence-electron chi connectivity index (χ3n) is 4.00. The highest BCUT2D eigenvalue weighted by Gasteiger charge is 2.54. The van der Waals surface area contributed by atoms with Gasteiger partial charge in [-0.1, -0.05) is 18.2 Å². The zero-order valence-electron chi connectivity index (χ0n) is 10.3. The summed E-state index contributed by atoms with van der Waals surface area (Å²) in [6, 6.07) is 8.78. The lowest BCUT2D eigenvalue weighted by atomic mass is 10.2. The van der Waals surface area contributed by atoms with Gasteiger partial charge in [-0.3, -0.25) is 0 Å². The molecule has 0 N–H and O–H groups in total. The Bertz CT molecular complexity index is 623. The number of piperidine rings is 1. The molecular weight excluding hydrogens is 280 g/mol. The predicted molar refractivity (Wildman–Crippen MR) is 75.6 cm³/mol. The van der Waals surface area contributed by atoms with Gasteiger partial charge in [-0.15, -0.1) is 0 Å². The molecule has 1 aliphatic carbocycles. The first kappa shape index (κ1) is 12.9. The largest absolute Gasteiger partial charge is 0.243 e. The molecule has 4 nitrogen and oxygen atoms in total. The first-order chi connectivity index (χ1) is 9.14. The smallest absolute Gasteiger partial charge is 0.228 e. The van der Waals surface area contributed by atoms with Gasteiger partial charge in [0.1, 0.15) is 0 Å². The number of nitrogens with zero attached hydrogens (tertiary/aromatic N) is 2. The van der Waals surface area contributed by atoms with E-state index in [0.717, 1.165) is 6.42 Å². The van der Waals surface area contributed by atoms with Crippen molar-refractivity contribution >= 4 is 27.4 Å². The SMILES string of the molecule is O=S(=O)(c1ccccc1)N1CCC2C(C1)C2N=C=S. The summed E-state index contributed by atoms with van der Waals surface area (Å²) in [6.07, 6.45) is 0.863. The highest BCUT2D eigenvalue weighted by molar-refractivity contribution is 7.89. The van der Waals surface area contributed by atoms with Gasteiger partial charge in [0.25, 0.3) is 0 Å². The van der Waals surface area contributed by atoms with Crippen LogP contribution in [0.4, 0.5) is 0 Å². The van der Waals surface area contributed by atoms with E-state index in [2.05, 4.69) is 22.4 Å². The lowest BCUT2D eigenvalue weighted by Gasteiger charge is -2.25. The van der Waals surface area contributed by atoms with Gasteiger partial charge >= 0.3 is 0 Å². The third-order valence-corrected chi connectivity index (χ3v) is 5.98. The molecule has 1 aromatic carbocycles. The van der Waals surface area contributed by atoms with Crippen LogP contribution in [0.1, 0.15) is 6.42 Å². The molecule has 3 rings (SSSR count). The number of sulfonamides is 1. The van der Waals surface area contributed by atoms with Gasteiger partial charge in [0.15, 0.2) is 0 Å². The summed E-state index contributed by atoms with van der Waals surface area (Å²) in [5.74, 6) is 0.820. The first-order valence-corrected chi connectivity index (χ1v) is 8.11. The third kappa shape index (κ3) is 2.25. The first-order valence-electron chi connectivity index (χ1n) is 6.27. The Hall–Kier alpha value is -1.07. The van der Waals surface area contributed by atoms with Crippen molar-refractivity contribution in [1.82, 2.24) is 4.31 Å². The molecule has 19 heavy (non-hydrogen) atoms. The highest BCUT2D eigenvalue weighted by atomic mass is 32.2. The van der Waals surface area contributed by atoms with Crippen LogP contribution >= 0.6 is 12.2 Å². The predicted octanol–water partition coefficient (Wildman–Crippen LogP) is 1.80. The van der Waals surface area contributed by atoms with Gasteiger partial charge in [-0.25, -0.2) is 13.4 Å². The number of aliphatic imine (C=N–C) groups is 1. The van der Waals surface area contributed by atoms with Gasteiger partial charge in [0, 0.05) is 19.0 Å². The van der Waals surface area contributed by atoms with E-state index in [9.17, 15) is 8.42 Å². The molecule has 100 valence electrons. The van der Waals surface area contributed by atoms with Crippen LogP contribution in [0.15, 0.2) is 40.2 Å². The molecule has 2 fully saturated rings. The van der Waals surface area contributed by atoms with Crippen molar-refractivity contribution in [3.63, 3.8) is 0 Å². The number of thiocarbonyl (C=S) groups is 1. The second kappa shape index (κ2) is 4.80. The van der Waals surface area contributed by atoms with E-state index in [0.29, 0.717) is 29.8 Å². The van der Waals surface area contributed by atoms with E-state index < -0.39 is 10.0 Å². The summed E-state index contributed by atoms with van der Waals surface area (Å²) < 4.78 is 26.5. The monoisotopic (exact) mass is 294 g/mol. The lowest BCUT2D eigenvalue weighted by Crippen LogP contribution is -2.36. The topological polar surface area (TPSA) is 49.7 Å². The summed E-state index contributed by atoms with van der Waals surface area (Å²) in [4.78, 5) is 4.48. The zero-order valence-corrected chi connectivity index (χ0v) is 11.9. The molecule has 3 atom stereocenters. The molecular formula is C13H14N2O2S2. The Morgan fingerprint density at radius 2 is 2.00 bits per heavy atom. The molecule has 0 bridgehead atoms. The minimum Gasteiger partial charge on any atom is -0.228 e. The van der Waals surface area contributed by atoms with Crippen LogP contribution in [0.25, 0.3) is 0 Å². The number of fused-ring (bicyclic) bond motifs is 1. The molecule has 6 heteroatoms. The summed E-state index contributed by atoms with van der Waals surface area (Å²) in [7, 11) is -3.36. The summed E-state index contributed by atoms with van der Waals surface area (Å²) in [5.41, 5.74) is 0. The maximum absolute atomic E-state index is 12.5. The maximum atomic E-state index is 12.5. The van der Waals surface area contributed by atoms with E-state index >= 15 is 0 Å². The fourth-order valence-corrected chi connectivity index (χ4v) is 4.52. The lowest BCUT2D eigenvalue weighted by molar-refractivity contribution is 0.334. The highest BCUT2D eigenvalue weighted by Crippen LogP contribution is 2.48. The van der Waals surface area contributed by atoms with Gasteiger partial charge in [-0.2, -0.15) is 4.31 Å². The van der Waals surface area contributed by atoms with Crippen LogP contribution in [-0.4, -0.2) is 37.0 Å². The second-order valence-corrected chi connectivity index (χ2v) is 7.12. The van der Waals surface area contributed by atoms with E-state index in [4.69, 9.17) is 0 Å². The van der Waals surface area contributed by atoms with Crippen molar-refractivity contribution < 1.29 is 8.42 Å². The Morgan fingerprint density at radius 1 is 1.26 bits per heavy atom. The van der Waals surface area contributed by atoms with Crippen LogP contribution in [0.5, 0.6) is 0 Å². The molecule has 3 unspecified atom stereocenters. The molecule has 0 spiro atoms. The molecule has 1 heterocycles. The van der Waals surface area contributed by atoms with Crippen molar-refractivity contribution in [2.24, 2.45) is 16.8 Å². The van der Waals surface area contributed by atoms with Gasteiger partial charge in [0.05, 0.1) is 16.1 Å². The summed E-state index contributed by atoms with van der Waals surface area (Å²) >= 11 is 4.62. The Morgan fingerprint density at radius 3 is 2.68 bits per heavy atom. The molecule has 0 amide bonds. The molecule has 1 aliphatic heterocycles. The Kier molecular flexibility index (Phi) is 3.27. The average molecular weight is 294 g/mol. The summed E-state index contributed by atoms with van der Waals surface area (Å²) in [5, 5.41) is 2.41. The van der Waals surface area contributed by atoms with Crippen LogP contribution in [0.2, 0.25) is 0 Å². The fourth-order valence-electron chi connectivity index (χ4n) is 2.88. The Balaban J connectivity index is 1.79. The number of rotatable bonds is 3. The van der Waals surface area contributed by atoms with Crippen LogP contribution in [0, 0.1) is 11.8 Å². The van der Waals surface area contributed by atoms with Gasteiger partial charge in [-0.05, 0) is 36.7 Å². The van der Waals surface area contributed by atoms with Crippen molar-refractivity contribution in [2.45, 2.75) is 17.4 Å². The molecule has 0 radical (unpaired) electrons. The van der Waals surface area contributed by atoms with E-state index in [1.807, 2.05) is 6.07 Å². The van der Waals surface area contributed by atoms with E-state index in [-0.39, 0.29) is 6.04 Å². The van der Waals surface area contributed by atoms with Gasteiger partial charge < -0.3 is 0 Å². The molecule has 1 saturated carbocycles. The van der Waals surface area contributed by atoms with Crippen LogP contribution < -0.4 is 0 Å². The second-order valence-electron chi connectivity index (χ2n) is 5.00. The van der Waals surface area contributed by atoms with Crippen molar-refractivity contribution in [2.75, 3.05) is 13.1 Å². The molecule has 1 aromatic rings. The van der Waals surface area contributed by atoms with Crippen molar-refractivity contribution in [3.8, 4) is 0 Å². The Labute approximate surface area is 118 Å². The standard InChI is InChI=1S/C13H14N2O2S2/c16-19(17,10-4-2-1-3-5-10)15-7-6-11-12(8-15)13(11)14-9-18/h1-5,11-13H,6-8H2. The fraction of sp³-hybridized carbons (Fsp3) is 0.462. The normalized spacial score (nSPS) is 30.2. The molecule has 1 saturated heterocycles. The molecule has 2 aliphatic rings. The molecule has 0 aromatic heterocycles. The van der Waals surface area contributed by atoms with Crippen molar-refractivity contribution in [1.29, 1.82) is 0 Å². The maximum Gasteiger partial charge on any atom is 0.243 e. The van der Waals surface area contributed by atoms with E-state index in [1.54, 1.807) is 28.6 Å². The quantitative estimate of drug-likeness (QED) is 0.631. The van der Waals surface area contributed by atoms with Crippen LogP contribution in [-0.2, 0) is 10.0 Å². The number of benzene rings is 1. The summed E-state index contributed by atoms with van der Waals surface area (Å²) in [6.45, 7) is 1.12. The van der Waals surface area contributed by atoms with Gasteiger partial charge in [0.2, 0.25) is 10.0 Å². The minimum absolute atomic E-state index is 0.188. The van der Waals surface area contributed by atoms with Crippen LogP contribution in [0.3, 0.4) is 0 Å². The van der Waals surface area contributed by atoms with Crippen molar-refractivity contribution in [3.05, 3.63) is 30.3 Å². The minimum atomic E-state index is -3.36. The average Bonchev–Trinajstić information content (AvgIpc) is 3.13. The number of isothiocyanates is 1.